The molecule has 0 radical (unpaired) electrons. The Morgan fingerprint density at radius 2 is 1.67 bits per heavy atom. The second kappa shape index (κ2) is 4.08. The van der Waals surface area contributed by atoms with E-state index in [0.717, 1.165) is 20.8 Å². The summed E-state index contributed by atoms with van der Waals surface area (Å²) in [4.78, 5) is 21.9. The molecule has 0 rings (SSSR count). The third kappa shape index (κ3) is 3.77. The Bertz CT molecular complexity index is 273. The van der Waals surface area contributed by atoms with Crippen molar-refractivity contribution in [1.82, 2.24) is 4.90 Å². The molecule has 0 fully saturated rings. The second-order valence-corrected chi connectivity index (χ2v) is 3.58. The molecule has 88 valence electrons. The highest BCUT2D eigenvalue weighted by Crippen LogP contribution is 2.23. The molecule has 0 atom stereocenters. The Hall–Kier alpha value is -1.27. The zero-order chi connectivity index (χ0) is 12.4. The fourth-order valence-electron chi connectivity index (χ4n) is 0.997. The fourth-order valence-corrected chi connectivity index (χ4v) is 0.997. The van der Waals surface area contributed by atoms with E-state index >= 15 is 0 Å². The predicted molar refractivity (Wildman–Crippen MR) is 45.2 cm³/mol. The molecule has 0 saturated carbocycles. The van der Waals surface area contributed by atoms with E-state index < -0.39 is 30.1 Å². The molecule has 0 aromatic rings. The van der Waals surface area contributed by atoms with Crippen LogP contribution in [0, 0.1) is 0 Å². The van der Waals surface area contributed by atoms with Gasteiger partial charge in [-0.15, -0.1) is 0 Å². The summed E-state index contributed by atoms with van der Waals surface area (Å²) in [6.45, 7) is 1.42. The number of hydrogen-bond acceptors (Lipinski definition) is 2. The predicted octanol–water partition coefficient (Wildman–Crippen LogP) is 1.26. The lowest BCUT2D eigenvalue weighted by molar-refractivity contribution is -0.178. The van der Waals surface area contributed by atoms with E-state index in [9.17, 15) is 22.8 Å². The van der Waals surface area contributed by atoms with E-state index in [4.69, 9.17) is 5.11 Å². The van der Waals surface area contributed by atoms with Crippen LogP contribution < -0.4 is 0 Å². The van der Waals surface area contributed by atoms with Crippen molar-refractivity contribution >= 4 is 11.9 Å². The molecule has 0 spiro atoms. The Morgan fingerprint density at radius 1 is 1.27 bits per heavy atom. The molecule has 0 unspecified atom stereocenters. The first-order valence-corrected chi connectivity index (χ1v) is 4.07. The molecular weight excluding hydrogens is 215 g/mol. The molecule has 0 aliphatic carbocycles. The smallest absolute Gasteiger partial charge is 0.406 e. The monoisotopic (exact) mass is 227 g/mol. The van der Waals surface area contributed by atoms with E-state index in [1.807, 2.05) is 0 Å². The standard InChI is InChI=1S/C8H12F3NO3/c1-5(13)12(4-8(9,10)11)7(2,3)6(14)15/h4H2,1-3H3,(H,14,15). The minimum absolute atomic E-state index is 0.273. The number of aliphatic carboxylic acids is 1. The number of carboxylic acid groups (broad SMARTS) is 1. The molecule has 1 N–H and O–H groups in total. The second-order valence-electron chi connectivity index (χ2n) is 3.58. The summed E-state index contributed by atoms with van der Waals surface area (Å²) in [5, 5.41) is 8.70. The maximum atomic E-state index is 12.1. The Morgan fingerprint density at radius 3 is 1.87 bits per heavy atom. The maximum Gasteiger partial charge on any atom is 0.406 e. The highest BCUT2D eigenvalue weighted by Gasteiger charge is 2.42. The number of carbonyl (C=O) groups excluding carboxylic acids is 1. The number of amides is 1. The first-order valence-electron chi connectivity index (χ1n) is 4.07. The molecule has 0 aromatic carbocycles. The van der Waals surface area contributed by atoms with Crippen molar-refractivity contribution in [2.45, 2.75) is 32.5 Å². The number of alkyl halides is 3. The summed E-state index contributed by atoms with van der Waals surface area (Å²) in [5.41, 5.74) is -1.87. The van der Waals surface area contributed by atoms with Crippen molar-refractivity contribution in [2.75, 3.05) is 6.54 Å². The summed E-state index contributed by atoms with van der Waals surface area (Å²) in [6, 6.07) is 0. The molecular formula is C8H12F3NO3. The van der Waals surface area contributed by atoms with Gasteiger partial charge < -0.3 is 10.0 Å². The van der Waals surface area contributed by atoms with Gasteiger partial charge in [0.2, 0.25) is 5.91 Å². The topological polar surface area (TPSA) is 57.6 Å². The van der Waals surface area contributed by atoms with Crippen molar-refractivity contribution in [3.8, 4) is 0 Å². The summed E-state index contributed by atoms with van der Waals surface area (Å²) in [7, 11) is 0. The third-order valence-electron chi connectivity index (χ3n) is 1.92. The molecule has 0 saturated heterocycles. The molecule has 0 aliphatic heterocycles. The number of hydrogen-bond donors (Lipinski definition) is 1. The van der Waals surface area contributed by atoms with Gasteiger partial charge >= 0.3 is 12.1 Å². The van der Waals surface area contributed by atoms with E-state index in [1.165, 1.54) is 0 Å². The van der Waals surface area contributed by atoms with Gasteiger partial charge in [0.25, 0.3) is 0 Å². The van der Waals surface area contributed by atoms with Crippen LogP contribution in [-0.4, -0.2) is 40.1 Å². The largest absolute Gasteiger partial charge is 0.480 e. The van der Waals surface area contributed by atoms with E-state index in [1.54, 1.807) is 0 Å². The van der Waals surface area contributed by atoms with Gasteiger partial charge in [0.05, 0.1) is 0 Å². The van der Waals surface area contributed by atoms with Crippen LogP contribution in [0.4, 0.5) is 13.2 Å². The van der Waals surface area contributed by atoms with Gasteiger partial charge in [-0.25, -0.2) is 4.79 Å². The highest BCUT2D eigenvalue weighted by molar-refractivity contribution is 5.85. The summed E-state index contributed by atoms with van der Waals surface area (Å²) in [5.74, 6) is -2.42. The maximum absolute atomic E-state index is 12.1. The quantitative estimate of drug-likeness (QED) is 0.789. The van der Waals surface area contributed by atoms with Crippen molar-refractivity contribution in [1.29, 1.82) is 0 Å². The lowest BCUT2D eigenvalue weighted by atomic mass is 10.0. The van der Waals surface area contributed by atoms with Crippen LogP contribution in [0.3, 0.4) is 0 Å². The third-order valence-corrected chi connectivity index (χ3v) is 1.92. The minimum atomic E-state index is -4.61. The first kappa shape index (κ1) is 13.7. The van der Waals surface area contributed by atoms with Crippen LogP contribution in [0.25, 0.3) is 0 Å². The highest BCUT2D eigenvalue weighted by atomic mass is 19.4. The normalized spacial score (nSPS) is 12.4. The Balaban J connectivity index is 4.99. The van der Waals surface area contributed by atoms with Gasteiger partial charge in [0.1, 0.15) is 12.1 Å². The van der Waals surface area contributed by atoms with Crippen LogP contribution in [0.2, 0.25) is 0 Å². The van der Waals surface area contributed by atoms with Gasteiger partial charge in [0, 0.05) is 6.92 Å². The SMILES string of the molecule is CC(=O)N(CC(F)(F)F)C(C)(C)C(=O)O. The lowest BCUT2D eigenvalue weighted by Crippen LogP contribution is -2.55. The molecule has 0 aromatic heterocycles. The first-order chi connectivity index (χ1) is 6.48. The summed E-state index contributed by atoms with van der Waals surface area (Å²) in [6.07, 6.45) is -4.61. The Kier molecular flexibility index (Phi) is 3.73. The Labute approximate surface area is 84.7 Å². The fraction of sp³-hybridized carbons (Fsp3) is 0.750. The number of rotatable bonds is 3. The molecule has 0 bridgehead atoms. The zero-order valence-corrected chi connectivity index (χ0v) is 8.55. The average molecular weight is 227 g/mol. The molecule has 15 heavy (non-hydrogen) atoms. The van der Waals surface area contributed by atoms with Crippen molar-refractivity contribution in [2.24, 2.45) is 0 Å². The average Bonchev–Trinajstić information content (AvgIpc) is 1.97. The molecule has 0 aliphatic rings. The van der Waals surface area contributed by atoms with Crippen LogP contribution in [0.15, 0.2) is 0 Å². The van der Waals surface area contributed by atoms with Crippen molar-refractivity contribution in [3.63, 3.8) is 0 Å². The minimum Gasteiger partial charge on any atom is -0.480 e. The summed E-state index contributed by atoms with van der Waals surface area (Å²) < 4.78 is 36.2. The number of carbonyl (C=O) groups is 2. The van der Waals surface area contributed by atoms with Crippen LogP contribution in [-0.2, 0) is 9.59 Å². The van der Waals surface area contributed by atoms with Crippen molar-refractivity contribution < 1.29 is 27.9 Å². The number of nitrogens with zero attached hydrogens (tertiary/aromatic N) is 1. The molecule has 7 heteroatoms. The molecule has 4 nitrogen and oxygen atoms in total. The van der Waals surface area contributed by atoms with Gasteiger partial charge in [-0.1, -0.05) is 0 Å². The van der Waals surface area contributed by atoms with Crippen LogP contribution in [0.5, 0.6) is 0 Å². The van der Waals surface area contributed by atoms with E-state index in [0.29, 0.717) is 0 Å². The van der Waals surface area contributed by atoms with Gasteiger partial charge in [0.15, 0.2) is 0 Å². The van der Waals surface area contributed by atoms with E-state index in [-0.39, 0.29) is 4.90 Å². The van der Waals surface area contributed by atoms with Gasteiger partial charge in [-0.3, -0.25) is 4.79 Å². The number of halogens is 3. The summed E-state index contributed by atoms with van der Waals surface area (Å²) >= 11 is 0. The van der Waals surface area contributed by atoms with Gasteiger partial charge in [-0.05, 0) is 13.8 Å². The molecule has 1 amide bonds. The van der Waals surface area contributed by atoms with Crippen molar-refractivity contribution in [3.05, 3.63) is 0 Å². The van der Waals surface area contributed by atoms with Crippen LogP contribution in [0.1, 0.15) is 20.8 Å². The lowest BCUT2D eigenvalue weighted by Gasteiger charge is -2.34. The van der Waals surface area contributed by atoms with Crippen LogP contribution >= 0.6 is 0 Å². The van der Waals surface area contributed by atoms with Gasteiger partial charge in [-0.2, -0.15) is 13.2 Å². The zero-order valence-electron chi connectivity index (χ0n) is 8.55. The van der Waals surface area contributed by atoms with E-state index in [2.05, 4.69) is 0 Å². The number of carboxylic acids is 1. The molecule has 0 heterocycles.